The summed E-state index contributed by atoms with van der Waals surface area (Å²) >= 11 is 2.58. The highest BCUT2D eigenvalue weighted by molar-refractivity contribution is 8.15. The van der Waals surface area contributed by atoms with E-state index in [1.165, 1.54) is 30.8 Å². The summed E-state index contributed by atoms with van der Waals surface area (Å²) < 4.78 is 12.7. The molecule has 1 aliphatic rings. The lowest BCUT2D eigenvalue weighted by atomic mass is 10.3. The van der Waals surface area contributed by atoms with E-state index in [1.54, 1.807) is 0 Å². The second-order valence-electron chi connectivity index (χ2n) is 3.86. The molecule has 0 aromatic carbocycles. The molecule has 0 aliphatic carbocycles. The predicted molar refractivity (Wildman–Crippen MR) is 73.7 cm³/mol. The van der Waals surface area contributed by atoms with Gasteiger partial charge in [0.2, 0.25) is 0 Å². The Balaban J connectivity index is 1.91. The van der Waals surface area contributed by atoms with Crippen molar-refractivity contribution in [3.63, 3.8) is 0 Å². The van der Waals surface area contributed by atoms with Gasteiger partial charge in [-0.05, 0) is 31.2 Å². The van der Waals surface area contributed by atoms with Crippen LogP contribution in [-0.2, 0) is 14.3 Å². The van der Waals surface area contributed by atoms with Crippen LogP contribution in [0.3, 0.4) is 0 Å². The van der Waals surface area contributed by atoms with Gasteiger partial charge >= 0.3 is 5.97 Å². The van der Waals surface area contributed by atoms with Gasteiger partial charge < -0.3 is 9.47 Å². The van der Waals surface area contributed by atoms with Crippen molar-refractivity contribution < 1.29 is 19.1 Å². The first-order valence-electron chi connectivity index (χ1n) is 5.95. The summed E-state index contributed by atoms with van der Waals surface area (Å²) in [5, 5.41) is -0.0668. The zero-order valence-corrected chi connectivity index (χ0v) is 12.1. The number of carbonyl (C=O) groups excluding carboxylic acids is 2. The van der Waals surface area contributed by atoms with Crippen molar-refractivity contribution in [1.82, 2.24) is 4.72 Å². The number of ether oxygens (including phenoxy) is 2. The number of methoxy groups -OCH3 is 1. The average molecular weight is 293 g/mol. The minimum atomic E-state index is -0.233. The molecule has 0 aromatic rings. The number of rotatable bonds is 7. The van der Waals surface area contributed by atoms with Crippen LogP contribution in [0.5, 0.6) is 0 Å². The van der Waals surface area contributed by atoms with Gasteiger partial charge in [-0.3, -0.25) is 14.3 Å². The number of hydrogen-bond donors (Lipinski definition) is 1. The molecule has 0 bridgehead atoms. The Hall–Kier alpha value is -0.400. The first-order chi connectivity index (χ1) is 8.72. The summed E-state index contributed by atoms with van der Waals surface area (Å²) in [6, 6.07) is 0. The number of amides is 1. The molecule has 1 atom stereocenters. The zero-order chi connectivity index (χ0) is 13.2. The Kier molecular flexibility index (Phi) is 8.28. The van der Waals surface area contributed by atoms with Crippen molar-refractivity contribution in [3.8, 4) is 0 Å². The predicted octanol–water partition coefficient (Wildman–Crippen LogP) is 2.21. The molecular weight excluding hydrogens is 274 g/mol. The fraction of sp³-hybridized carbons (Fsp3) is 0.818. The maximum atomic E-state index is 11.4. The van der Waals surface area contributed by atoms with E-state index in [-0.39, 0.29) is 17.3 Å². The van der Waals surface area contributed by atoms with Crippen LogP contribution in [0.4, 0.5) is 4.79 Å². The fourth-order valence-electron chi connectivity index (χ4n) is 1.48. The first-order valence-corrected chi connectivity index (χ1v) is 7.92. The molecule has 1 N–H and O–H groups in total. The van der Waals surface area contributed by atoms with Crippen molar-refractivity contribution in [3.05, 3.63) is 0 Å². The van der Waals surface area contributed by atoms with Crippen LogP contribution in [0.2, 0.25) is 0 Å². The fourth-order valence-corrected chi connectivity index (χ4v) is 3.02. The van der Waals surface area contributed by atoms with Crippen LogP contribution >= 0.6 is 23.7 Å². The molecular formula is C11H19NO4S2. The van der Waals surface area contributed by atoms with Gasteiger partial charge in [-0.2, -0.15) is 0 Å². The molecule has 1 amide bonds. The van der Waals surface area contributed by atoms with Crippen LogP contribution in [0.25, 0.3) is 0 Å². The van der Waals surface area contributed by atoms with E-state index in [2.05, 4.69) is 9.46 Å². The standard InChI is InChI=1S/C11H19NO4S2/c1-15-10(13)5-3-7-17-11(14)12-18-8-9-4-2-6-16-9/h9H,2-8H2,1H3,(H,12,14). The van der Waals surface area contributed by atoms with Crippen molar-refractivity contribution in [2.75, 3.05) is 25.2 Å². The minimum absolute atomic E-state index is 0.0668. The van der Waals surface area contributed by atoms with Gasteiger partial charge in [-0.25, -0.2) is 0 Å². The average Bonchev–Trinajstić information content (AvgIpc) is 2.87. The van der Waals surface area contributed by atoms with E-state index >= 15 is 0 Å². The van der Waals surface area contributed by atoms with Gasteiger partial charge in [0, 0.05) is 24.5 Å². The molecule has 0 radical (unpaired) electrons. The first kappa shape index (κ1) is 15.7. The number of hydrogen-bond acceptors (Lipinski definition) is 6. The molecule has 18 heavy (non-hydrogen) atoms. The SMILES string of the molecule is COC(=O)CCCSC(=O)NSCC1CCCO1. The highest BCUT2D eigenvalue weighted by Crippen LogP contribution is 2.16. The third kappa shape index (κ3) is 7.13. The highest BCUT2D eigenvalue weighted by Gasteiger charge is 2.15. The Bertz CT molecular complexity index is 270. The number of thioether (sulfide) groups is 1. The third-order valence-corrected chi connectivity index (χ3v) is 4.29. The summed E-state index contributed by atoms with van der Waals surface area (Å²) in [7, 11) is 1.36. The summed E-state index contributed by atoms with van der Waals surface area (Å²) in [5.41, 5.74) is 0. The van der Waals surface area contributed by atoms with Crippen LogP contribution in [-0.4, -0.2) is 42.5 Å². The topological polar surface area (TPSA) is 64.6 Å². The Morgan fingerprint density at radius 2 is 2.33 bits per heavy atom. The summed E-state index contributed by atoms with van der Waals surface area (Å²) in [6.07, 6.45) is 3.48. The quantitative estimate of drug-likeness (QED) is 0.441. The second kappa shape index (κ2) is 9.52. The summed E-state index contributed by atoms with van der Waals surface area (Å²) in [5.74, 6) is 1.19. The molecule has 0 aromatic heterocycles. The Morgan fingerprint density at radius 1 is 1.50 bits per heavy atom. The van der Waals surface area contributed by atoms with Crippen LogP contribution < -0.4 is 4.72 Å². The molecule has 0 saturated carbocycles. The lowest BCUT2D eigenvalue weighted by Crippen LogP contribution is -2.16. The molecule has 5 nitrogen and oxygen atoms in total. The van der Waals surface area contributed by atoms with E-state index in [0.717, 1.165) is 25.2 Å². The van der Waals surface area contributed by atoms with E-state index in [9.17, 15) is 9.59 Å². The van der Waals surface area contributed by atoms with E-state index in [1.807, 2.05) is 0 Å². The van der Waals surface area contributed by atoms with Gasteiger partial charge in [0.25, 0.3) is 5.24 Å². The Morgan fingerprint density at radius 3 is 3.00 bits per heavy atom. The van der Waals surface area contributed by atoms with Crippen molar-refractivity contribution >= 4 is 34.9 Å². The van der Waals surface area contributed by atoms with Crippen LogP contribution in [0.1, 0.15) is 25.7 Å². The van der Waals surface area contributed by atoms with E-state index in [0.29, 0.717) is 18.6 Å². The molecule has 1 heterocycles. The molecule has 7 heteroatoms. The third-order valence-electron chi connectivity index (χ3n) is 2.43. The monoisotopic (exact) mass is 293 g/mol. The van der Waals surface area contributed by atoms with Gasteiger partial charge in [-0.15, -0.1) is 0 Å². The highest BCUT2D eigenvalue weighted by atomic mass is 32.2. The van der Waals surface area contributed by atoms with Crippen molar-refractivity contribution in [1.29, 1.82) is 0 Å². The largest absolute Gasteiger partial charge is 0.469 e. The van der Waals surface area contributed by atoms with Crippen LogP contribution in [0, 0.1) is 0 Å². The lowest BCUT2D eigenvalue weighted by molar-refractivity contribution is -0.140. The van der Waals surface area contributed by atoms with Crippen molar-refractivity contribution in [2.24, 2.45) is 0 Å². The maximum Gasteiger partial charge on any atom is 0.305 e. The van der Waals surface area contributed by atoms with Crippen LogP contribution in [0.15, 0.2) is 0 Å². The minimum Gasteiger partial charge on any atom is -0.469 e. The molecule has 1 rings (SSSR count). The van der Waals surface area contributed by atoms with Gasteiger partial charge in [-0.1, -0.05) is 11.8 Å². The molecule has 104 valence electrons. The lowest BCUT2D eigenvalue weighted by Gasteiger charge is -2.08. The second-order valence-corrected chi connectivity index (χ2v) is 5.76. The molecule has 0 spiro atoms. The van der Waals surface area contributed by atoms with E-state index in [4.69, 9.17) is 4.74 Å². The normalized spacial score (nSPS) is 18.6. The molecule has 1 aliphatic heterocycles. The Labute approximate surface area is 116 Å². The summed E-state index contributed by atoms with van der Waals surface area (Å²) in [6.45, 7) is 0.835. The van der Waals surface area contributed by atoms with Crippen molar-refractivity contribution in [2.45, 2.75) is 31.8 Å². The zero-order valence-electron chi connectivity index (χ0n) is 10.5. The molecule has 1 saturated heterocycles. The molecule has 1 unspecified atom stereocenters. The maximum absolute atomic E-state index is 11.4. The van der Waals surface area contributed by atoms with Gasteiger partial charge in [0.15, 0.2) is 0 Å². The van der Waals surface area contributed by atoms with Gasteiger partial charge in [0.1, 0.15) is 0 Å². The number of nitrogens with one attached hydrogen (secondary N) is 1. The summed E-state index contributed by atoms with van der Waals surface area (Å²) in [4.78, 5) is 22.2. The number of carbonyl (C=O) groups is 2. The van der Waals surface area contributed by atoms with E-state index < -0.39 is 0 Å². The van der Waals surface area contributed by atoms with Gasteiger partial charge in [0.05, 0.1) is 13.2 Å². The smallest absolute Gasteiger partial charge is 0.305 e. The molecule has 1 fully saturated rings. The number of esters is 1.